The molecule has 2 rings (SSSR count). The van der Waals surface area contributed by atoms with Gasteiger partial charge in [0.25, 0.3) is 0 Å². The lowest BCUT2D eigenvalue weighted by Crippen LogP contribution is -2.28. The van der Waals surface area contributed by atoms with E-state index in [-0.39, 0.29) is 0 Å². The van der Waals surface area contributed by atoms with Gasteiger partial charge in [-0.3, -0.25) is 0 Å². The van der Waals surface area contributed by atoms with E-state index < -0.39 is 0 Å². The average molecular weight is 260 g/mol. The van der Waals surface area contributed by atoms with Gasteiger partial charge in [0.1, 0.15) is 0 Å². The van der Waals surface area contributed by atoms with Crippen molar-refractivity contribution in [2.45, 2.75) is 19.3 Å². The second kappa shape index (κ2) is 6.44. The number of nitrogens with one attached hydrogen (secondary N) is 1. The zero-order valence-electron chi connectivity index (χ0n) is 11.5. The van der Waals surface area contributed by atoms with Gasteiger partial charge in [-0.25, -0.2) is 0 Å². The lowest BCUT2D eigenvalue weighted by molar-refractivity contribution is 0.339. The van der Waals surface area contributed by atoms with Crippen molar-refractivity contribution >= 4 is 0 Å². The highest BCUT2D eigenvalue weighted by atomic mass is 16.5. The first-order chi connectivity index (χ1) is 9.28. The minimum absolute atomic E-state index is 0.626. The molecular weight excluding hydrogens is 240 g/mol. The van der Waals surface area contributed by atoms with E-state index in [1.54, 1.807) is 20.3 Å². The molecule has 1 aliphatic heterocycles. The van der Waals surface area contributed by atoms with Gasteiger partial charge in [-0.1, -0.05) is 0 Å². The SMILES string of the molecule is COc1cc(C#N)cc(CC2CCNCC2)c1OC. The van der Waals surface area contributed by atoms with E-state index in [1.807, 2.05) is 6.07 Å². The molecule has 0 unspecified atom stereocenters. The maximum Gasteiger partial charge on any atom is 0.163 e. The summed E-state index contributed by atoms with van der Waals surface area (Å²) < 4.78 is 10.8. The molecule has 1 aromatic rings. The second-order valence-electron chi connectivity index (χ2n) is 4.88. The van der Waals surface area contributed by atoms with Crippen molar-refractivity contribution < 1.29 is 9.47 Å². The molecule has 0 atom stereocenters. The predicted octanol–water partition coefficient (Wildman–Crippen LogP) is 2.12. The van der Waals surface area contributed by atoms with Crippen LogP contribution in [0, 0.1) is 17.2 Å². The third kappa shape index (κ3) is 3.18. The van der Waals surface area contributed by atoms with Gasteiger partial charge in [0.05, 0.1) is 25.9 Å². The Morgan fingerprint density at radius 1 is 1.26 bits per heavy atom. The van der Waals surface area contributed by atoms with Crippen LogP contribution in [-0.4, -0.2) is 27.3 Å². The molecule has 1 fully saturated rings. The maximum absolute atomic E-state index is 9.10. The molecule has 4 nitrogen and oxygen atoms in total. The number of hydrogen-bond donors (Lipinski definition) is 1. The molecule has 0 aromatic heterocycles. The summed E-state index contributed by atoms with van der Waals surface area (Å²) in [7, 11) is 3.25. The molecule has 1 aliphatic rings. The number of nitrogens with zero attached hydrogens (tertiary/aromatic N) is 1. The van der Waals surface area contributed by atoms with Crippen molar-refractivity contribution in [2.75, 3.05) is 27.3 Å². The molecule has 1 aromatic carbocycles. The van der Waals surface area contributed by atoms with Crippen LogP contribution in [0.5, 0.6) is 11.5 Å². The van der Waals surface area contributed by atoms with E-state index in [4.69, 9.17) is 14.7 Å². The number of methoxy groups -OCH3 is 2. The summed E-state index contributed by atoms with van der Waals surface area (Å²) in [6, 6.07) is 5.83. The summed E-state index contributed by atoms with van der Waals surface area (Å²) in [5.74, 6) is 2.05. The number of nitriles is 1. The number of benzene rings is 1. The smallest absolute Gasteiger partial charge is 0.163 e. The summed E-state index contributed by atoms with van der Waals surface area (Å²) in [6.07, 6.45) is 3.28. The number of rotatable bonds is 4. The summed E-state index contributed by atoms with van der Waals surface area (Å²) >= 11 is 0. The zero-order valence-corrected chi connectivity index (χ0v) is 11.5. The summed E-state index contributed by atoms with van der Waals surface area (Å²) in [5, 5.41) is 12.5. The van der Waals surface area contributed by atoms with Crippen molar-refractivity contribution in [3.8, 4) is 17.6 Å². The van der Waals surface area contributed by atoms with Crippen LogP contribution in [0.1, 0.15) is 24.0 Å². The molecule has 1 N–H and O–H groups in total. The largest absolute Gasteiger partial charge is 0.493 e. The summed E-state index contributed by atoms with van der Waals surface area (Å²) in [4.78, 5) is 0. The molecule has 0 spiro atoms. The first-order valence-corrected chi connectivity index (χ1v) is 6.64. The molecule has 0 saturated carbocycles. The van der Waals surface area contributed by atoms with Crippen LogP contribution in [0.15, 0.2) is 12.1 Å². The summed E-state index contributed by atoms with van der Waals surface area (Å²) in [5.41, 5.74) is 1.70. The molecule has 0 radical (unpaired) electrons. The molecule has 19 heavy (non-hydrogen) atoms. The molecule has 0 aliphatic carbocycles. The standard InChI is InChI=1S/C15H20N2O2/c1-18-14-9-12(10-16)8-13(15(14)19-2)7-11-3-5-17-6-4-11/h8-9,11,17H,3-7H2,1-2H3. The molecule has 1 heterocycles. The Morgan fingerprint density at radius 2 is 2.00 bits per heavy atom. The Balaban J connectivity index is 2.28. The average Bonchev–Trinajstić information content (AvgIpc) is 2.47. The van der Waals surface area contributed by atoms with Gasteiger partial charge in [-0.05, 0) is 49.9 Å². The van der Waals surface area contributed by atoms with E-state index in [0.717, 1.165) is 30.8 Å². The van der Waals surface area contributed by atoms with Crippen molar-refractivity contribution in [1.82, 2.24) is 5.32 Å². The van der Waals surface area contributed by atoms with E-state index >= 15 is 0 Å². The maximum atomic E-state index is 9.10. The third-order valence-corrected chi connectivity index (χ3v) is 3.65. The van der Waals surface area contributed by atoms with E-state index in [1.165, 1.54) is 12.8 Å². The van der Waals surface area contributed by atoms with E-state index in [2.05, 4.69) is 11.4 Å². The van der Waals surface area contributed by atoms with Gasteiger partial charge < -0.3 is 14.8 Å². The number of piperidine rings is 1. The molecular formula is C15H20N2O2. The minimum atomic E-state index is 0.626. The minimum Gasteiger partial charge on any atom is -0.493 e. The number of ether oxygens (including phenoxy) is 2. The Morgan fingerprint density at radius 3 is 2.58 bits per heavy atom. The molecule has 4 heteroatoms. The first-order valence-electron chi connectivity index (χ1n) is 6.64. The first kappa shape index (κ1) is 13.7. The molecule has 102 valence electrons. The van der Waals surface area contributed by atoms with Gasteiger partial charge in [0.15, 0.2) is 11.5 Å². The van der Waals surface area contributed by atoms with Crippen LogP contribution in [0.3, 0.4) is 0 Å². The highest BCUT2D eigenvalue weighted by molar-refractivity contribution is 5.52. The highest BCUT2D eigenvalue weighted by Crippen LogP contribution is 2.35. The zero-order chi connectivity index (χ0) is 13.7. The predicted molar refractivity (Wildman–Crippen MR) is 73.6 cm³/mol. The molecule has 0 bridgehead atoms. The highest BCUT2D eigenvalue weighted by Gasteiger charge is 2.18. The van der Waals surface area contributed by atoms with Gasteiger partial charge in [-0.2, -0.15) is 5.26 Å². The molecule has 0 amide bonds. The van der Waals surface area contributed by atoms with E-state index in [0.29, 0.717) is 17.2 Å². The third-order valence-electron chi connectivity index (χ3n) is 3.65. The fourth-order valence-electron chi connectivity index (χ4n) is 2.66. The topological polar surface area (TPSA) is 54.3 Å². The van der Waals surface area contributed by atoms with Gasteiger partial charge in [0.2, 0.25) is 0 Å². The fraction of sp³-hybridized carbons (Fsp3) is 0.533. The van der Waals surface area contributed by atoms with Crippen molar-refractivity contribution in [3.05, 3.63) is 23.3 Å². The Hall–Kier alpha value is -1.73. The van der Waals surface area contributed by atoms with E-state index in [9.17, 15) is 0 Å². The van der Waals surface area contributed by atoms with Crippen LogP contribution in [0.2, 0.25) is 0 Å². The van der Waals surface area contributed by atoms with Crippen molar-refractivity contribution in [2.24, 2.45) is 5.92 Å². The normalized spacial score (nSPS) is 15.8. The van der Waals surface area contributed by atoms with Crippen LogP contribution < -0.4 is 14.8 Å². The van der Waals surface area contributed by atoms with Gasteiger partial charge in [0, 0.05) is 6.07 Å². The lowest BCUT2D eigenvalue weighted by Gasteiger charge is -2.24. The Kier molecular flexibility index (Phi) is 4.64. The van der Waals surface area contributed by atoms with Crippen LogP contribution >= 0.6 is 0 Å². The van der Waals surface area contributed by atoms with Crippen molar-refractivity contribution in [3.63, 3.8) is 0 Å². The lowest BCUT2D eigenvalue weighted by atomic mass is 9.90. The van der Waals surface area contributed by atoms with Crippen molar-refractivity contribution in [1.29, 1.82) is 5.26 Å². The monoisotopic (exact) mass is 260 g/mol. The fourth-order valence-corrected chi connectivity index (χ4v) is 2.66. The van der Waals surface area contributed by atoms with Gasteiger partial charge >= 0.3 is 0 Å². The van der Waals surface area contributed by atoms with Crippen LogP contribution in [-0.2, 0) is 6.42 Å². The quantitative estimate of drug-likeness (QED) is 0.901. The Labute approximate surface area is 114 Å². The number of hydrogen-bond acceptors (Lipinski definition) is 4. The van der Waals surface area contributed by atoms with Gasteiger partial charge in [-0.15, -0.1) is 0 Å². The molecule has 1 saturated heterocycles. The van der Waals surface area contributed by atoms with Crippen LogP contribution in [0.4, 0.5) is 0 Å². The summed E-state index contributed by atoms with van der Waals surface area (Å²) in [6.45, 7) is 2.14. The Bertz CT molecular complexity index is 474. The second-order valence-corrected chi connectivity index (χ2v) is 4.88. The van der Waals surface area contributed by atoms with Crippen LogP contribution in [0.25, 0.3) is 0 Å².